The minimum Gasteiger partial charge on any atom is -0.462 e. The van der Waals surface area contributed by atoms with Crippen LogP contribution in [0.5, 0.6) is 0 Å². The summed E-state index contributed by atoms with van der Waals surface area (Å²) in [6.45, 7) is 2.51. The first-order valence-electron chi connectivity index (χ1n) is 10.1. The predicted octanol–water partition coefficient (Wildman–Crippen LogP) is 5.38. The fraction of sp³-hybridized carbons (Fsp3) is 0.348. The molecule has 0 saturated carbocycles. The molecule has 0 unspecified atom stereocenters. The van der Waals surface area contributed by atoms with Gasteiger partial charge in [-0.1, -0.05) is 37.6 Å². The number of carbonyl (C=O) groups excluding carboxylic acids is 1. The summed E-state index contributed by atoms with van der Waals surface area (Å²) in [7, 11) is 0. The molecule has 2 aromatic carbocycles. The monoisotopic (exact) mass is 392 g/mol. The van der Waals surface area contributed by atoms with E-state index < -0.39 is 0 Å². The Morgan fingerprint density at radius 1 is 1.24 bits per heavy atom. The zero-order valence-corrected chi connectivity index (χ0v) is 16.3. The number of nitrogens with zero attached hydrogens (tertiary/aromatic N) is 1. The standard InChI is InChI=1S/C23H24N2O4/c1-2-3-13-29-23(26)16-9-12-21-20(14-16)18-5-4-6-19(18)22(24-21)15-7-10-17(11-8-15)25(27)28/h4-5,7-12,14,18-19,22,24H,2-3,6,13H2,1H3/t18-,19+,22+/m0/s1. The smallest absolute Gasteiger partial charge is 0.338 e. The molecule has 1 heterocycles. The van der Waals surface area contributed by atoms with Gasteiger partial charge in [0.25, 0.3) is 5.69 Å². The Hall–Kier alpha value is -3.15. The summed E-state index contributed by atoms with van der Waals surface area (Å²) in [5.41, 5.74) is 3.80. The molecule has 150 valence electrons. The molecule has 0 saturated heterocycles. The van der Waals surface area contributed by atoms with Crippen molar-refractivity contribution in [1.29, 1.82) is 0 Å². The van der Waals surface area contributed by atoms with Gasteiger partial charge in [-0.05, 0) is 48.1 Å². The minimum absolute atomic E-state index is 0.0608. The Bertz CT molecular complexity index is 952. The second-order valence-corrected chi connectivity index (χ2v) is 7.62. The highest BCUT2D eigenvalue weighted by atomic mass is 16.6. The van der Waals surface area contributed by atoms with E-state index >= 15 is 0 Å². The molecular formula is C23H24N2O4. The SMILES string of the molecule is CCCCOC(=O)c1ccc2c(c1)[C@H]1C=CC[C@H]1[C@@H](c1ccc([N+](=O)[O-])cc1)N2. The van der Waals surface area contributed by atoms with Gasteiger partial charge in [-0.25, -0.2) is 4.79 Å². The summed E-state index contributed by atoms with van der Waals surface area (Å²) < 4.78 is 5.36. The Balaban J connectivity index is 1.60. The van der Waals surface area contributed by atoms with Gasteiger partial charge in [0.05, 0.1) is 23.1 Å². The highest BCUT2D eigenvalue weighted by Gasteiger charge is 2.38. The summed E-state index contributed by atoms with van der Waals surface area (Å²) in [6.07, 6.45) is 7.15. The molecule has 29 heavy (non-hydrogen) atoms. The van der Waals surface area contributed by atoms with E-state index in [0.717, 1.165) is 36.1 Å². The number of allylic oxidation sites excluding steroid dienone is 2. The number of ether oxygens (including phenoxy) is 1. The number of nitro groups is 1. The molecule has 2 aliphatic rings. The van der Waals surface area contributed by atoms with Crippen LogP contribution in [-0.2, 0) is 4.74 Å². The van der Waals surface area contributed by atoms with Crippen LogP contribution in [0.3, 0.4) is 0 Å². The van der Waals surface area contributed by atoms with Crippen LogP contribution in [0.4, 0.5) is 11.4 Å². The summed E-state index contributed by atoms with van der Waals surface area (Å²) >= 11 is 0. The van der Waals surface area contributed by atoms with Gasteiger partial charge in [-0.15, -0.1) is 0 Å². The molecule has 4 rings (SSSR count). The quantitative estimate of drug-likeness (QED) is 0.235. The van der Waals surface area contributed by atoms with Crippen molar-refractivity contribution in [3.8, 4) is 0 Å². The van der Waals surface area contributed by atoms with Crippen LogP contribution in [0.25, 0.3) is 0 Å². The Morgan fingerprint density at radius 2 is 2.03 bits per heavy atom. The first-order valence-corrected chi connectivity index (χ1v) is 10.1. The number of hydrogen-bond acceptors (Lipinski definition) is 5. The number of nitrogens with one attached hydrogen (secondary N) is 1. The van der Waals surface area contributed by atoms with E-state index in [0.29, 0.717) is 18.1 Å². The normalized spacial score (nSPS) is 21.8. The first-order chi connectivity index (χ1) is 14.1. The van der Waals surface area contributed by atoms with Crippen molar-refractivity contribution in [3.05, 3.63) is 81.4 Å². The van der Waals surface area contributed by atoms with Crippen molar-refractivity contribution in [2.75, 3.05) is 11.9 Å². The lowest BCUT2D eigenvalue weighted by atomic mass is 9.76. The van der Waals surface area contributed by atoms with Gasteiger partial charge >= 0.3 is 5.97 Å². The average molecular weight is 392 g/mol. The van der Waals surface area contributed by atoms with Crippen LogP contribution < -0.4 is 5.32 Å². The number of non-ortho nitro benzene ring substituents is 1. The number of nitro benzene ring substituents is 1. The predicted molar refractivity (Wildman–Crippen MR) is 111 cm³/mol. The van der Waals surface area contributed by atoms with E-state index in [1.165, 1.54) is 0 Å². The van der Waals surface area contributed by atoms with E-state index in [1.54, 1.807) is 18.2 Å². The summed E-state index contributed by atoms with van der Waals surface area (Å²) in [4.78, 5) is 22.9. The van der Waals surface area contributed by atoms with Crippen LogP contribution in [0.15, 0.2) is 54.6 Å². The van der Waals surface area contributed by atoms with E-state index in [1.807, 2.05) is 24.3 Å². The molecule has 6 heteroatoms. The van der Waals surface area contributed by atoms with Crippen molar-refractivity contribution in [3.63, 3.8) is 0 Å². The molecule has 0 aromatic heterocycles. The number of anilines is 1. The van der Waals surface area contributed by atoms with Crippen LogP contribution >= 0.6 is 0 Å². The van der Waals surface area contributed by atoms with Crippen molar-refractivity contribution in [1.82, 2.24) is 0 Å². The van der Waals surface area contributed by atoms with Gasteiger partial charge in [0.15, 0.2) is 0 Å². The molecule has 0 spiro atoms. The third-order valence-corrected chi connectivity index (χ3v) is 5.79. The summed E-state index contributed by atoms with van der Waals surface area (Å²) in [5, 5.41) is 14.5. The molecule has 6 nitrogen and oxygen atoms in total. The highest BCUT2D eigenvalue weighted by Crippen LogP contribution is 2.50. The van der Waals surface area contributed by atoms with Crippen LogP contribution in [0.2, 0.25) is 0 Å². The van der Waals surface area contributed by atoms with Gasteiger partial charge in [-0.3, -0.25) is 10.1 Å². The van der Waals surface area contributed by atoms with Crippen molar-refractivity contribution < 1.29 is 14.5 Å². The first kappa shape index (κ1) is 19.2. The molecule has 3 atom stereocenters. The molecule has 0 radical (unpaired) electrons. The topological polar surface area (TPSA) is 81.5 Å². The number of unbranched alkanes of at least 4 members (excludes halogenated alkanes) is 1. The van der Waals surface area contributed by atoms with Crippen molar-refractivity contribution in [2.24, 2.45) is 5.92 Å². The zero-order chi connectivity index (χ0) is 20.4. The fourth-order valence-corrected chi connectivity index (χ4v) is 4.25. The summed E-state index contributed by atoms with van der Waals surface area (Å²) in [5.74, 6) is 0.224. The summed E-state index contributed by atoms with van der Waals surface area (Å²) in [6, 6.07) is 12.5. The number of carbonyl (C=O) groups is 1. The minimum atomic E-state index is -0.381. The molecule has 0 bridgehead atoms. The van der Waals surface area contributed by atoms with Gasteiger partial charge in [0, 0.05) is 23.7 Å². The highest BCUT2D eigenvalue weighted by molar-refractivity contribution is 5.90. The lowest BCUT2D eigenvalue weighted by molar-refractivity contribution is -0.384. The largest absolute Gasteiger partial charge is 0.462 e. The maximum atomic E-state index is 12.4. The van der Waals surface area contributed by atoms with Gasteiger partial charge in [0.2, 0.25) is 0 Å². The van der Waals surface area contributed by atoms with E-state index in [4.69, 9.17) is 4.74 Å². The van der Waals surface area contributed by atoms with Crippen LogP contribution in [0.1, 0.15) is 59.6 Å². The maximum Gasteiger partial charge on any atom is 0.338 e. The lowest BCUT2D eigenvalue weighted by Crippen LogP contribution is -2.29. The zero-order valence-electron chi connectivity index (χ0n) is 16.3. The molecular weight excluding hydrogens is 368 g/mol. The molecule has 1 aliphatic carbocycles. The van der Waals surface area contributed by atoms with Crippen LogP contribution in [-0.4, -0.2) is 17.5 Å². The number of fused-ring (bicyclic) bond motifs is 3. The molecule has 0 fully saturated rings. The second-order valence-electron chi connectivity index (χ2n) is 7.62. The average Bonchev–Trinajstić information content (AvgIpc) is 3.23. The maximum absolute atomic E-state index is 12.4. The Kier molecular flexibility index (Phi) is 5.34. The lowest BCUT2D eigenvalue weighted by Gasteiger charge is -2.37. The molecule has 1 N–H and O–H groups in total. The number of esters is 1. The third-order valence-electron chi connectivity index (χ3n) is 5.79. The molecule has 2 aromatic rings. The molecule has 0 amide bonds. The van der Waals surface area contributed by atoms with Crippen molar-refractivity contribution in [2.45, 2.75) is 38.1 Å². The Labute approximate surface area is 169 Å². The van der Waals surface area contributed by atoms with Gasteiger partial charge in [-0.2, -0.15) is 0 Å². The van der Waals surface area contributed by atoms with E-state index in [9.17, 15) is 14.9 Å². The van der Waals surface area contributed by atoms with E-state index in [-0.39, 0.29) is 28.5 Å². The van der Waals surface area contributed by atoms with Gasteiger partial charge < -0.3 is 10.1 Å². The second kappa shape index (κ2) is 8.07. The van der Waals surface area contributed by atoms with E-state index in [2.05, 4.69) is 24.4 Å². The third kappa shape index (κ3) is 3.75. The van der Waals surface area contributed by atoms with Crippen LogP contribution in [0, 0.1) is 16.0 Å². The Morgan fingerprint density at radius 3 is 2.76 bits per heavy atom. The number of hydrogen-bond donors (Lipinski definition) is 1. The number of rotatable bonds is 6. The van der Waals surface area contributed by atoms with Crippen molar-refractivity contribution >= 4 is 17.3 Å². The van der Waals surface area contributed by atoms with Gasteiger partial charge in [0.1, 0.15) is 0 Å². The number of benzene rings is 2. The fourth-order valence-electron chi connectivity index (χ4n) is 4.25. The molecule has 1 aliphatic heterocycles.